The van der Waals surface area contributed by atoms with Crippen molar-refractivity contribution in [3.63, 3.8) is 0 Å². The van der Waals surface area contributed by atoms with Crippen LogP contribution in [0.2, 0.25) is 0 Å². The lowest BCUT2D eigenvalue weighted by Crippen LogP contribution is -2.39. The Morgan fingerprint density at radius 3 is 2.55 bits per heavy atom. The molecule has 6 heteroatoms. The van der Waals surface area contributed by atoms with E-state index < -0.39 is 10.0 Å². The smallest absolute Gasteiger partial charge is 0.243 e. The number of benzene rings is 2. The molecule has 29 heavy (non-hydrogen) atoms. The number of aromatic nitrogens is 1. The van der Waals surface area contributed by atoms with Crippen molar-refractivity contribution in [2.24, 2.45) is 0 Å². The summed E-state index contributed by atoms with van der Waals surface area (Å²) in [6.45, 7) is 2.78. The van der Waals surface area contributed by atoms with E-state index in [1.54, 1.807) is 28.8 Å². The third-order valence-corrected chi connectivity index (χ3v) is 7.18. The second kappa shape index (κ2) is 8.35. The van der Waals surface area contributed by atoms with E-state index in [1.165, 1.54) is 0 Å². The molecule has 150 valence electrons. The zero-order valence-electron chi connectivity index (χ0n) is 16.4. The quantitative estimate of drug-likeness (QED) is 0.611. The molecule has 0 radical (unpaired) electrons. The maximum absolute atomic E-state index is 13.1. The summed E-state index contributed by atoms with van der Waals surface area (Å²) in [5, 5.41) is 0. The van der Waals surface area contributed by atoms with Crippen LogP contribution in [0.4, 0.5) is 0 Å². The number of hydrogen-bond donors (Lipinski definition) is 0. The molecule has 1 atom stereocenters. The molecule has 1 aliphatic rings. The monoisotopic (exact) mass is 408 g/mol. The fourth-order valence-corrected chi connectivity index (χ4v) is 5.30. The van der Waals surface area contributed by atoms with Gasteiger partial charge in [0.25, 0.3) is 0 Å². The lowest BCUT2D eigenvalue weighted by Gasteiger charge is -2.24. The maximum atomic E-state index is 13.1. The highest BCUT2D eigenvalue weighted by atomic mass is 32.2. The molecule has 0 bridgehead atoms. The molecule has 1 aliphatic heterocycles. The van der Waals surface area contributed by atoms with Crippen LogP contribution in [0.1, 0.15) is 18.4 Å². The summed E-state index contributed by atoms with van der Waals surface area (Å²) in [4.78, 5) is 4.61. The summed E-state index contributed by atoms with van der Waals surface area (Å²) in [6.07, 6.45) is 5.09. The Bertz CT molecular complexity index is 1070. The number of hydrogen-bond acceptors (Lipinski definition) is 4. The fourth-order valence-electron chi connectivity index (χ4n) is 3.62. The first-order chi connectivity index (χ1) is 14.0. The molecule has 0 aliphatic carbocycles. The van der Waals surface area contributed by atoms with Crippen molar-refractivity contribution in [2.45, 2.75) is 30.7 Å². The van der Waals surface area contributed by atoms with Crippen LogP contribution in [0.3, 0.4) is 0 Å². The topological polar surface area (TPSA) is 59.5 Å². The number of ether oxygens (including phenoxy) is 1. The number of rotatable bonds is 6. The minimum Gasteiger partial charge on any atom is -0.490 e. The summed E-state index contributed by atoms with van der Waals surface area (Å²) in [7, 11) is -3.52. The molecule has 0 spiro atoms. The van der Waals surface area contributed by atoms with Crippen molar-refractivity contribution in [1.82, 2.24) is 9.29 Å². The molecule has 5 nitrogen and oxygen atoms in total. The molecule has 1 aromatic heterocycles. The molecule has 4 rings (SSSR count). The van der Waals surface area contributed by atoms with Gasteiger partial charge in [0, 0.05) is 18.3 Å². The average Bonchev–Trinajstić information content (AvgIpc) is 3.23. The van der Waals surface area contributed by atoms with E-state index in [4.69, 9.17) is 4.74 Å². The molecule has 3 aromatic rings. The van der Waals surface area contributed by atoms with Gasteiger partial charge in [-0.05, 0) is 43.5 Å². The lowest BCUT2D eigenvalue weighted by atomic mass is 10.1. The second-order valence-corrected chi connectivity index (χ2v) is 9.20. The van der Waals surface area contributed by atoms with Gasteiger partial charge in [0.2, 0.25) is 10.0 Å². The number of nitrogens with zero attached hydrogens (tertiary/aromatic N) is 2. The van der Waals surface area contributed by atoms with Gasteiger partial charge in [-0.25, -0.2) is 8.42 Å². The van der Waals surface area contributed by atoms with Crippen molar-refractivity contribution in [1.29, 1.82) is 0 Å². The molecule has 0 amide bonds. The van der Waals surface area contributed by atoms with Crippen LogP contribution in [0, 0.1) is 6.92 Å². The zero-order chi connectivity index (χ0) is 20.3. The van der Waals surface area contributed by atoms with Crippen molar-refractivity contribution in [3.05, 3.63) is 78.6 Å². The minimum atomic E-state index is -3.52. The van der Waals surface area contributed by atoms with Crippen molar-refractivity contribution < 1.29 is 13.2 Å². The summed E-state index contributed by atoms with van der Waals surface area (Å²) >= 11 is 0. The van der Waals surface area contributed by atoms with Gasteiger partial charge < -0.3 is 4.74 Å². The van der Waals surface area contributed by atoms with E-state index in [9.17, 15) is 8.42 Å². The lowest BCUT2D eigenvalue weighted by molar-refractivity contribution is 0.232. The third-order valence-electron chi connectivity index (χ3n) is 5.21. The standard InChI is InChI=1S/C23H24N2O3S/c1-18-9-11-23(12-10-18)29(26,27)25-13-5-8-21(25)17-28-22-14-20(15-24-16-22)19-6-3-2-4-7-19/h2-4,6-7,9-12,14-16,21H,5,8,13,17H2,1H3/t21-/m0/s1. The molecule has 0 unspecified atom stereocenters. The highest BCUT2D eigenvalue weighted by Crippen LogP contribution is 2.28. The Morgan fingerprint density at radius 1 is 1.03 bits per heavy atom. The molecular formula is C23H24N2O3S. The Hall–Kier alpha value is -2.70. The van der Waals surface area contributed by atoms with Crippen LogP contribution in [0.5, 0.6) is 5.75 Å². The predicted molar refractivity (Wildman–Crippen MR) is 113 cm³/mol. The first-order valence-electron chi connectivity index (χ1n) is 9.76. The summed E-state index contributed by atoms with van der Waals surface area (Å²) in [5.41, 5.74) is 3.07. The average molecular weight is 409 g/mol. The molecule has 2 heterocycles. The van der Waals surface area contributed by atoms with Gasteiger partial charge in [-0.1, -0.05) is 48.0 Å². The molecule has 1 fully saturated rings. The number of aryl methyl sites for hydroxylation is 1. The second-order valence-electron chi connectivity index (χ2n) is 7.31. The SMILES string of the molecule is Cc1ccc(S(=O)(=O)N2CCC[C@H]2COc2cncc(-c3ccccc3)c2)cc1. The maximum Gasteiger partial charge on any atom is 0.243 e. The molecule has 0 N–H and O–H groups in total. The van der Waals surface area contributed by atoms with Crippen molar-refractivity contribution in [2.75, 3.05) is 13.2 Å². The third kappa shape index (κ3) is 4.33. The number of pyridine rings is 1. The van der Waals surface area contributed by atoms with Gasteiger partial charge in [-0.15, -0.1) is 0 Å². The minimum absolute atomic E-state index is 0.179. The van der Waals surface area contributed by atoms with Crippen LogP contribution in [0.25, 0.3) is 11.1 Å². The predicted octanol–water partition coefficient (Wildman–Crippen LogP) is 4.29. The van der Waals surface area contributed by atoms with Crippen LogP contribution >= 0.6 is 0 Å². The molecule has 2 aromatic carbocycles. The largest absolute Gasteiger partial charge is 0.490 e. The van der Waals surface area contributed by atoms with Crippen LogP contribution in [-0.4, -0.2) is 36.9 Å². The normalized spacial score (nSPS) is 17.3. The van der Waals surface area contributed by atoms with Gasteiger partial charge in [0.05, 0.1) is 17.1 Å². The Morgan fingerprint density at radius 2 is 1.79 bits per heavy atom. The van der Waals surface area contributed by atoms with E-state index >= 15 is 0 Å². The molecular weight excluding hydrogens is 384 g/mol. The Balaban J connectivity index is 1.48. The highest BCUT2D eigenvalue weighted by molar-refractivity contribution is 7.89. The first kappa shape index (κ1) is 19.6. The van der Waals surface area contributed by atoms with Crippen LogP contribution in [0.15, 0.2) is 78.0 Å². The van der Waals surface area contributed by atoms with Crippen LogP contribution < -0.4 is 4.74 Å². The van der Waals surface area contributed by atoms with Gasteiger partial charge in [0.1, 0.15) is 12.4 Å². The van der Waals surface area contributed by atoms with E-state index in [1.807, 2.05) is 55.5 Å². The highest BCUT2D eigenvalue weighted by Gasteiger charge is 2.35. The Labute approximate surface area is 172 Å². The number of sulfonamides is 1. The van der Waals surface area contributed by atoms with E-state index in [2.05, 4.69) is 4.98 Å². The van der Waals surface area contributed by atoms with E-state index in [-0.39, 0.29) is 6.04 Å². The zero-order valence-corrected chi connectivity index (χ0v) is 17.2. The summed E-state index contributed by atoms with van der Waals surface area (Å²) in [6, 6.07) is 18.7. The summed E-state index contributed by atoms with van der Waals surface area (Å²) in [5.74, 6) is 0.644. The molecule has 1 saturated heterocycles. The van der Waals surface area contributed by atoms with Gasteiger partial charge in [-0.2, -0.15) is 4.31 Å². The fraction of sp³-hybridized carbons (Fsp3) is 0.261. The van der Waals surface area contributed by atoms with Gasteiger partial charge >= 0.3 is 0 Å². The van der Waals surface area contributed by atoms with E-state index in [0.29, 0.717) is 23.8 Å². The first-order valence-corrected chi connectivity index (χ1v) is 11.2. The molecule has 0 saturated carbocycles. The van der Waals surface area contributed by atoms with Crippen molar-refractivity contribution in [3.8, 4) is 16.9 Å². The van der Waals surface area contributed by atoms with Crippen molar-refractivity contribution >= 4 is 10.0 Å². The Kier molecular flexibility index (Phi) is 5.65. The van der Waals surface area contributed by atoms with E-state index in [0.717, 1.165) is 29.5 Å². The van der Waals surface area contributed by atoms with Crippen LogP contribution in [-0.2, 0) is 10.0 Å². The summed E-state index contributed by atoms with van der Waals surface area (Å²) < 4.78 is 33.7. The van der Waals surface area contributed by atoms with Gasteiger partial charge in [0.15, 0.2) is 0 Å². The van der Waals surface area contributed by atoms with Gasteiger partial charge in [-0.3, -0.25) is 4.98 Å².